The number of nitrogens with zero attached hydrogens (tertiary/aromatic N) is 2. The molecule has 0 saturated heterocycles. The SMILES string of the molecule is COC(=O)C(NC(=O)c1ccc(Cl)cc1NS(=O)(=O)c1cccc2nsnc12)C(O)c1ccc(Cl)c(Cl)c1. The Balaban J connectivity index is 1.67. The standard InChI is InChI=1S/C23H17Cl3N4O6S2/c1-36-23(33)20(21(31)11-5-8-14(25)15(26)9-11)27-22(32)13-7-6-12(24)10-17(13)30-38(34,35)18-4-2-3-16-19(18)29-37-28-16/h2-10,20-21,30-31H,1H3,(H,27,32). The predicted molar refractivity (Wildman–Crippen MR) is 144 cm³/mol. The summed E-state index contributed by atoms with van der Waals surface area (Å²) in [7, 11) is -3.17. The first-order valence-corrected chi connectivity index (χ1v) is 13.9. The average molecular weight is 616 g/mol. The zero-order valence-corrected chi connectivity index (χ0v) is 23.1. The van der Waals surface area contributed by atoms with Gasteiger partial charge in [0.1, 0.15) is 22.0 Å². The van der Waals surface area contributed by atoms with E-state index < -0.39 is 34.0 Å². The molecule has 3 N–H and O–H groups in total. The molecule has 0 spiro atoms. The molecule has 0 aliphatic carbocycles. The van der Waals surface area contributed by atoms with E-state index >= 15 is 0 Å². The number of aliphatic hydroxyl groups is 1. The first-order chi connectivity index (χ1) is 18.0. The number of sulfonamides is 1. The summed E-state index contributed by atoms with van der Waals surface area (Å²) in [5.74, 6) is -1.86. The maximum Gasteiger partial charge on any atom is 0.331 e. The molecule has 2 unspecified atom stereocenters. The molecule has 2 atom stereocenters. The van der Waals surface area contributed by atoms with Gasteiger partial charge in [0.05, 0.1) is 40.1 Å². The lowest BCUT2D eigenvalue weighted by Gasteiger charge is -2.23. The number of fused-ring (bicyclic) bond motifs is 1. The number of carbonyl (C=O) groups excluding carboxylic acids is 2. The molecule has 198 valence electrons. The Hall–Kier alpha value is -3.00. The Morgan fingerprint density at radius 1 is 1.03 bits per heavy atom. The third kappa shape index (κ3) is 5.85. The third-order valence-electron chi connectivity index (χ3n) is 5.35. The second-order valence-corrected chi connectivity index (χ2v) is 11.2. The van der Waals surface area contributed by atoms with Crippen molar-refractivity contribution in [3.8, 4) is 0 Å². The number of nitrogens with one attached hydrogen (secondary N) is 2. The van der Waals surface area contributed by atoms with Crippen LogP contribution in [0.1, 0.15) is 22.0 Å². The average Bonchev–Trinajstić information content (AvgIpc) is 3.36. The number of benzene rings is 3. The van der Waals surface area contributed by atoms with E-state index in [0.717, 1.165) is 18.8 Å². The highest BCUT2D eigenvalue weighted by Crippen LogP contribution is 2.29. The van der Waals surface area contributed by atoms with Crippen LogP contribution in [0.25, 0.3) is 11.0 Å². The maximum atomic E-state index is 13.3. The molecule has 10 nitrogen and oxygen atoms in total. The van der Waals surface area contributed by atoms with Gasteiger partial charge in [-0.3, -0.25) is 9.52 Å². The lowest BCUT2D eigenvalue weighted by Crippen LogP contribution is -2.45. The van der Waals surface area contributed by atoms with Crippen LogP contribution in [0.3, 0.4) is 0 Å². The molecule has 38 heavy (non-hydrogen) atoms. The van der Waals surface area contributed by atoms with E-state index in [1.54, 1.807) is 6.07 Å². The molecular weight excluding hydrogens is 599 g/mol. The maximum absolute atomic E-state index is 13.3. The van der Waals surface area contributed by atoms with Crippen molar-refractivity contribution in [2.75, 3.05) is 11.8 Å². The highest BCUT2D eigenvalue weighted by atomic mass is 35.5. The number of anilines is 1. The van der Waals surface area contributed by atoms with Crippen molar-refractivity contribution in [2.45, 2.75) is 17.0 Å². The van der Waals surface area contributed by atoms with Gasteiger partial charge in [-0.25, -0.2) is 13.2 Å². The minimum atomic E-state index is -4.25. The van der Waals surface area contributed by atoms with E-state index in [9.17, 15) is 23.1 Å². The number of rotatable bonds is 8. The molecule has 15 heteroatoms. The number of hydrogen-bond donors (Lipinski definition) is 3. The summed E-state index contributed by atoms with van der Waals surface area (Å²) in [6.45, 7) is 0. The minimum absolute atomic E-state index is 0.123. The molecule has 0 saturated carbocycles. The number of carbonyl (C=O) groups is 2. The van der Waals surface area contributed by atoms with Crippen LogP contribution in [0, 0.1) is 0 Å². The topological polar surface area (TPSA) is 148 Å². The smallest absolute Gasteiger partial charge is 0.331 e. The van der Waals surface area contributed by atoms with Crippen LogP contribution >= 0.6 is 46.5 Å². The van der Waals surface area contributed by atoms with Crippen molar-refractivity contribution in [1.82, 2.24) is 14.1 Å². The number of methoxy groups -OCH3 is 1. The Kier molecular flexibility index (Phi) is 8.40. The summed E-state index contributed by atoms with van der Waals surface area (Å²) >= 11 is 18.9. The Morgan fingerprint density at radius 2 is 1.79 bits per heavy atom. The fourth-order valence-electron chi connectivity index (χ4n) is 3.50. The summed E-state index contributed by atoms with van der Waals surface area (Å²) in [6, 6.07) is 10.9. The van der Waals surface area contributed by atoms with Gasteiger partial charge in [-0.1, -0.05) is 46.9 Å². The molecule has 4 aromatic rings. The van der Waals surface area contributed by atoms with Crippen molar-refractivity contribution in [3.63, 3.8) is 0 Å². The molecule has 0 radical (unpaired) electrons. The molecule has 0 aliphatic heterocycles. The molecule has 1 heterocycles. The van der Waals surface area contributed by atoms with Crippen molar-refractivity contribution < 1.29 is 27.9 Å². The van der Waals surface area contributed by atoms with E-state index in [-0.39, 0.29) is 42.3 Å². The second-order valence-electron chi connectivity index (χ2n) is 7.78. The summed E-state index contributed by atoms with van der Waals surface area (Å²) in [5, 5.41) is 13.7. The molecule has 1 aromatic heterocycles. The lowest BCUT2D eigenvalue weighted by atomic mass is 10.0. The van der Waals surface area contributed by atoms with Crippen molar-refractivity contribution >= 4 is 85.2 Å². The second kappa shape index (κ2) is 11.4. The van der Waals surface area contributed by atoms with Gasteiger partial charge in [0.2, 0.25) is 0 Å². The molecule has 4 rings (SSSR count). The summed E-state index contributed by atoms with van der Waals surface area (Å²) in [6.07, 6.45) is -1.58. The van der Waals surface area contributed by atoms with Gasteiger partial charge < -0.3 is 15.2 Å². The van der Waals surface area contributed by atoms with E-state index in [1.165, 1.54) is 48.5 Å². The van der Waals surface area contributed by atoms with Crippen LogP contribution < -0.4 is 10.0 Å². The fourth-order valence-corrected chi connectivity index (χ4v) is 5.82. The Bertz CT molecular complexity index is 1650. The monoisotopic (exact) mass is 614 g/mol. The molecule has 3 aromatic carbocycles. The van der Waals surface area contributed by atoms with Gasteiger partial charge in [0.25, 0.3) is 15.9 Å². The van der Waals surface area contributed by atoms with E-state index in [1.807, 2.05) is 0 Å². The molecule has 0 aliphatic rings. The van der Waals surface area contributed by atoms with Crippen molar-refractivity contribution in [2.24, 2.45) is 0 Å². The molecule has 1 amide bonds. The summed E-state index contributed by atoms with van der Waals surface area (Å²) in [5.41, 5.74) is 0.365. The van der Waals surface area contributed by atoms with Crippen molar-refractivity contribution in [3.05, 3.63) is 80.8 Å². The molecular formula is C23H17Cl3N4O6S2. The molecule has 0 fully saturated rings. The minimum Gasteiger partial charge on any atom is -0.467 e. The highest BCUT2D eigenvalue weighted by molar-refractivity contribution is 7.93. The molecule has 0 bridgehead atoms. The van der Waals surface area contributed by atoms with Crippen LogP contribution in [0.2, 0.25) is 15.1 Å². The number of ether oxygens (including phenoxy) is 1. The first kappa shape index (κ1) is 28.0. The van der Waals surface area contributed by atoms with E-state index in [0.29, 0.717) is 5.52 Å². The van der Waals surface area contributed by atoms with Crippen LogP contribution in [-0.2, 0) is 19.6 Å². The quantitative estimate of drug-likeness (QED) is 0.246. The van der Waals surface area contributed by atoms with Crippen LogP contribution in [-0.4, -0.2) is 47.3 Å². The van der Waals surface area contributed by atoms with Gasteiger partial charge >= 0.3 is 5.97 Å². The zero-order chi connectivity index (χ0) is 27.6. The highest BCUT2D eigenvalue weighted by Gasteiger charge is 2.32. The van der Waals surface area contributed by atoms with Crippen molar-refractivity contribution in [1.29, 1.82) is 0 Å². The number of aromatic nitrogens is 2. The number of halogens is 3. The van der Waals surface area contributed by atoms with Crippen LogP contribution in [0.5, 0.6) is 0 Å². The predicted octanol–water partition coefficient (Wildman–Crippen LogP) is 4.46. The van der Waals surface area contributed by atoms with Crippen LogP contribution in [0.15, 0.2) is 59.5 Å². The fraction of sp³-hybridized carbons (Fsp3) is 0.130. The Morgan fingerprint density at radius 3 is 2.50 bits per heavy atom. The van der Waals surface area contributed by atoms with Gasteiger partial charge in [-0.05, 0) is 48.0 Å². The summed E-state index contributed by atoms with van der Waals surface area (Å²) < 4.78 is 41.7. The number of amides is 1. The number of esters is 1. The van der Waals surface area contributed by atoms with E-state index in [4.69, 9.17) is 39.5 Å². The zero-order valence-electron chi connectivity index (χ0n) is 19.2. The number of aliphatic hydroxyl groups excluding tert-OH is 1. The van der Waals surface area contributed by atoms with E-state index in [2.05, 4.69) is 18.8 Å². The van der Waals surface area contributed by atoms with Crippen LogP contribution in [0.4, 0.5) is 5.69 Å². The van der Waals surface area contributed by atoms with Gasteiger partial charge in [-0.15, -0.1) is 0 Å². The summed E-state index contributed by atoms with van der Waals surface area (Å²) in [4.78, 5) is 25.6. The first-order valence-electron chi connectivity index (χ1n) is 10.6. The number of hydrogen-bond acceptors (Lipinski definition) is 9. The normalized spacial score (nSPS) is 13.1. The van der Waals surface area contributed by atoms with Gasteiger partial charge in [0, 0.05) is 5.02 Å². The Labute approximate surface area is 235 Å². The van der Waals surface area contributed by atoms with Gasteiger partial charge in [0.15, 0.2) is 6.04 Å². The van der Waals surface area contributed by atoms with Gasteiger partial charge in [-0.2, -0.15) is 8.75 Å². The third-order valence-corrected chi connectivity index (χ3v) is 8.27. The lowest BCUT2D eigenvalue weighted by molar-refractivity contribution is -0.146. The largest absolute Gasteiger partial charge is 0.467 e.